The average molecular weight is 262 g/mol. The Morgan fingerprint density at radius 1 is 1.37 bits per heavy atom. The van der Waals surface area contributed by atoms with E-state index in [4.69, 9.17) is 4.74 Å². The SMILES string of the molecule is CC(C)(C)c1ccc(OCCN2CCCC2=O)cn1. The number of carbonyl (C=O) groups excluding carboxylic acids is 1. The normalized spacial score (nSPS) is 15.9. The van der Waals surface area contributed by atoms with Crippen molar-refractivity contribution in [2.24, 2.45) is 0 Å². The van der Waals surface area contributed by atoms with E-state index in [1.807, 2.05) is 17.0 Å². The van der Waals surface area contributed by atoms with Gasteiger partial charge in [-0.25, -0.2) is 0 Å². The van der Waals surface area contributed by atoms with Crippen LogP contribution in [0.3, 0.4) is 0 Å². The van der Waals surface area contributed by atoms with Crippen molar-refractivity contribution in [2.75, 3.05) is 19.7 Å². The molecule has 0 atom stereocenters. The zero-order valence-electron chi connectivity index (χ0n) is 12.0. The molecule has 1 aromatic heterocycles. The van der Waals surface area contributed by atoms with Gasteiger partial charge in [0.25, 0.3) is 0 Å². The van der Waals surface area contributed by atoms with Crippen LogP contribution in [-0.4, -0.2) is 35.5 Å². The monoisotopic (exact) mass is 262 g/mol. The maximum absolute atomic E-state index is 11.4. The van der Waals surface area contributed by atoms with E-state index in [1.165, 1.54) is 0 Å². The fraction of sp³-hybridized carbons (Fsp3) is 0.600. The zero-order valence-corrected chi connectivity index (χ0v) is 12.0. The maximum atomic E-state index is 11.4. The molecule has 0 aromatic carbocycles. The largest absolute Gasteiger partial charge is 0.490 e. The van der Waals surface area contributed by atoms with Crippen molar-refractivity contribution in [3.05, 3.63) is 24.0 Å². The number of ether oxygens (including phenoxy) is 1. The van der Waals surface area contributed by atoms with Crippen LogP contribution in [0.5, 0.6) is 5.75 Å². The Labute approximate surface area is 114 Å². The van der Waals surface area contributed by atoms with Crippen molar-refractivity contribution in [3.63, 3.8) is 0 Å². The van der Waals surface area contributed by atoms with Crippen LogP contribution >= 0.6 is 0 Å². The fourth-order valence-electron chi connectivity index (χ4n) is 2.12. The van der Waals surface area contributed by atoms with Gasteiger partial charge in [0.1, 0.15) is 12.4 Å². The van der Waals surface area contributed by atoms with E-state index in [2.05, 4.69) is 25.8 Å². The summed E-state index contributed by atoms with van der Waals surface area (Å²) in [6.07, 6.45) is 3.41. The van der Waals surface area contributed by atoms with Gasteiger partial charge in [-0.2, -0.15) is 0 Å². The predicted octanol–water partition coefficient (Wildman–Crippen LogP) is 2.38. The van der Waals surface area contributed by atoms with Gasteiger partial charge < -0.3 is 9.64 Å². The number of carbonyl (C=O) groups is 1. The molecule has 104 valence electrons. The number of aromatic nitrogens is 1. The van der Waals surface area contributed by atoms with E-state index in [0.717, 1.165) is 24.4 Å². The van der Waals surface area contributed by atoms with Gasteiger partial charge in [0.2, 0.25) is 5.91 Å². The number of rotatable bonds is 4. The first-order chi connectivity index (χ1) is 8.97. The molecule has 2 rings (SSSR count). The molecule has 0 radical (unpaired) electrons. The summed E-state index contributed by atoms with van der Waals surface area (Å²) in [6.45, 7) is 8.46. The Morgan fingerprint density at radius 2 is 2.16 bits per heavy atom. The molecule has 1 aromatic rings. The number of nitrogens with zero attached hydrogens (tertiary/aromatic N) is 2. The van der Waals surface area contributed by atoms with Crippen molar-refractivity contribution in [3.8, 4) is 5.75 Å². The fourth-order valence-corrected chi connectivity index (χ4v) is 2.12. The Kier molecular flexibility index (Phi) is 4.08. The summed E-state index contributed by atoms with van der Waals surface area (Å²) in [6, 6.07) is 3.94. The summed E-state index contributed by atoms with van der Waals surface area (Å²) in [5.74, 6) is 1.00. The molecule has 1 aliphatic rings. The first-order valence-electron chi connectivity index (χ1n) is 6.84. The van der Waals surface area contributed by atoms with Gasteiger partial charge in [-0.05, 0) is 18.6 Å². The minimum absolute atomic E-state index is 0.0561. The molecule has 0 aliphatic carbocycles. The third-order valence-electron chi connectivity index (χ3n) is 3.31. The van der Waals surface area contributed by atoms with Crippen LogP contribution in [0.25, 0.3) is 0 Å². The molecular weight excluding hydrogens is 240 g/mol. The standard InChI is InChI=1S/C15H22N2O2/c1-15(2,3)13-7-6-12(11-16-13)19-10-9-17-8-4-5-14(17)18/h6-7,11H,4-5,8-10H2,1-3H3. The van der Waals surface area contributed by atoms with E-state index in [9.17, 15) is 4.79 Å². The second-order valence-electron chi connectivity index (χ2n) is 5.96. The molecular formula is C15H22N2O2. The molecule has 0 spiro atoms. The second kappa shape index (κ2) is 5.59. The lowest BCUT2D eigenvalue weighted by molar-refractivity contribution is -0.128. The molecule has 1 saturated heterocycles. The minimum atomic E-state index is 0.0561. The lowest BCUT2D eigenvalue weighted by Crippen LogP contribution is -2.29. The molecule has 1 amide bonds. The number of pyridine rings is 1. The quantitative estimate of drug-likeness (QED) is 0.836. The summed E-state index contributed by atoms with van der Waals surface area (Å²) >= 11 is 0. The zero-order chi connectivity index (χ0) is 13.9. The molecule has 2 heterocycles. The maximum Gasteiger partial charge on any atom is 0.222 e. The summed E-state index contributed by atoms with van der Waals surface area (Å²) < 4.78 is 5.63. The summed E-state index contributed by atoms with van der Waals surface area (Å²) in [4.78, 5) is 17.7. The molecule has 0 bridgehead atoms. The lowest BCUT2D eigenvalue weighted by Gasteiger charge is -2.18. The van der Waals surface area contributed by atoms with Crippen molar-refractivity contribution in [2.45, 2.75) is 39.0 Å². The highest BCUT2D eigenvalue weighted by molar-refractivity contribution is 5.78. The van der Waals surface area contributed by atoms with Crippen molar-refractivity contribution >= 4 is 5.91 Å². The third kappa shape index (κ3) is 3.69. The predicted molar refractivity (Wildman–Crippen MR) is 74.2 cm³/mol. The van der Waals surface area contributed by atoms with E-state index < -0.39 is 0 Å². The van der Waals surface area contributed by atoms with Crippen LogP contribution in [0, 0.1) is 0 Å². The van der Waals surface area contributed by atoms with Gasteiger partial charge in [-0.1, -0.05) is 20.8 Å². The Bertz CT molecular complexity index is 434. The first-order valence-corrected chi connectivity index (χ1v) is 6.84. The van der Waals surface area contributed by atoms with Gasteiger partial charge >= 0.3 is 0 Å². The highest BCUT2D eigenvalue weighted by Gasteiger charge is 2.19. The molecule has 4 nitrogen and oxygen atoms in total. The van der Waals surface area contributed by atoms with Gasteiger partial charge in [0.15, 0.2) is 0 Å². The van der Waals surface area contributed by atoms with Crippen molar-refractivity contribution in [1.29, 1.82) is 0 Å². The van der Waals surface area contributed by atoms with Crippen LogP contribution in [0.1, 0.15) is 39.3 Å². The molecule has 19 heavy (non-hydrogen) atoms. The van der Waals surface area contributed by atoms with E-state index >= 15 is 0 Å². The number of hydrogen-bond acceptors (Lipinski definition) is 3. The van der Waals surface area contributed by atoms with E-state index in [-0.39, 0.29) is 11.3 Å². The van der Waals surface area contributed by atoms with Gasteiger partial charge in [0, 0.05) is 24.1 Å². The van der Waals surface area contributed by atoms with E-state index in [1.54, 1.807) is 6.20 Å². The average Bonchev–Trinajstić information content (AvgIpc) is 2.75. The van der Waals surface area contributed by atoms with Crippen LogP contribution in [0.2, 0.25) is 0 Å². The Morgan fingerprint density at radius 3 is 2.68 bits per heavy atom. The van der Waals surface area contributed by atoms with Gasteiger partial charge in [-0.3, -0.25) is 9.78 Å². The van der Waals surface area contributed by atoms with Crippen molar-refractivity contribution < 1.29 is 9.53 Å². The van der Waals surface area contributed by atoms with Crippen LogP contribution in [0.15, 0.2) is 18.3 Å². The molecule has 0 N–H and O–H groups in total. The summed E-state index contributed by atoms with van der Waals surface area (Å²) in [5, 5.41) is 0. The number of amides is 1. The topological polar surface area (TPSA) is 42.4 Å². The molecule has 0 saturated carbocycles. The van der Waals surface area contributed by atoms with E-state index in [0.29, 0.717) is 19.6 Å². The molecule has 0 unspecified atom stereocenters. The van der Waals surface area contributed by atoms with Crippen LogP contribution in [-0.2, 0) is 10.2 Å². The Hall–Kier alpha value is -1.58. The Balaban J connectivity index is 1.82. The lowest BCUT2D eigenvalue weighted by atomic mass is 9.92. The molecule has 1 fully saturated rings. The molecule has 1 aliphatic heterocycles. The second-order valence-corrected chi connectivity index (χ2v) is 5.96. The van der Waals surface area contributed by atoms with Crippen LogP contribution < -0.4 is 4.74 Å². The minimum Gasteiger partial charge on any atom is -0.490 e. The number of hydrogen-bond donors (Lipinski definition) is 0. The smallest absolute Gasteiger partial charge is 0.222 e. The van der Waals surface area contributed by atoms with Crippen LogP contribution in [0.4, 0.5) is 0 Å². The first kappa shape index (κ1) is 13.8. The van der Waals surface area contributed by atoms with Gasteiger partial charge in [0.05, 0.1) is 12.7 Å². The summed E-state index contributed by atoms with van der Waals surface area (Å²) in [7, 11) is 0. The van der Waals surface area contributed by atoms with Crippen molar-refractivity contribution in [1.82, 2.24) is 9.88 Å². The highest BCUT2D eigenvalue weighted by Crippen LogP contribution is 2.21. The highest BCUT2D eigenvalue weighted by atomic mass is 16.5. The molecule has 4 heteroatoms. The summed E-state index contributed by atoms with van der Waals surface area (Å²) in [5.41, 5.74) is 1.11. The third-order valence-corrected chi connectivity index (χ3v) is 3.31. The number of likely N-dealkylation sites (tertiary alicyclic amines) is 1. The van der Waals surface area contributed by atoms with Gasteiger partial charge in [-0.15, -0.1) is 0 Å².